The summed E-state index contributed by atoms with van der Waals surface area (Å²) >= 11 is 0. The van der Waals surface area contributed by atoms with E-state index in [1.807, 2.05) is 13.8 Å². The first-order valence-corrected chi connectivity index (χ1v) is 14.6. The highest BCUT2D eigenvalue weighted by atomic mass is 19.3. The number of amides is 1. The van der Waals surface area contributed by atoms with Crippen LogP contribution in [0.2, 0.25) is 0 Å². The molecule has 3 heterocycles. The van der Waals surface area contributed by atoms with Gasteiger partial charge in [0.2, 0.25) is 5.91 Å². The number of carbonyl (C=O) groups is 1. The first kappa shape index (κ1) is 32.2. The molecule has 232 valence electrons. The molecule has 0 radical (unpaired) electrons. The quantitative estimate of drug-likeness (QED) is 0.265. The summed E-state index contributed by atoms with van der Waals surface area (Å²) in [5.41, 5.74) is 3.00. The lowest BCUT2D eigenvalue weighted by atomic mass is 10.0. The van der Waals surface area contributed by atoms with E-state index in [0.29, 0.717) is 69.1 Å². The van der Waals surface area contributed by atoms with Crippen molar-refractivity contribution < 1.29 is 32.2 Å². The van der Waals surface area contributed by atoms with Gasteiger partial charge < -0.3 is 19.6 Å². The molecule has 0 spiro atoms. The van der Waals surface area contributed by atoms with Crippen LogP contribution in [-0.2, 0) is 17.8 Å². The summed E-state index contributed by atoms with van der Waals surface area (Å²) in [6, 6.07) is 3.25. The number of allylic oxidation sites excluding steroid dienone is 4. The number of anilines is 1. The maximum absolute atomic E-state index is 14.1. The van der Waals surface area contributed by atoms with Gasteiger partial charge in [0.15, 0.2) is 17.4 Å². The van der Waals surface area contributed by atoms with Crippen LogP contribution in [0.25, 0.3) is 5.57 Å². The topological polar surface area (TPSA) is 78.8 Å². The van der Waals surface area contributed by atoms with E-state index in [1.165, 1.54) is 19.1 Å². The summed E-state index contributed by atoms with van der Waals surface area (Å²) in [6.45, 7) is 7.30. The van der Waals surface area contributed by atoms with E-state index in [9.17, 15) is 27.5 Å². The SMILES string of the molecule is CCC/C=C(/C=C\C=C(/C)c1nc2c(nc1N1CCC(Oc3ccc(F)cc3F)CC1)CCN(C(C)=O)C2)C(O)C(F)F. The highest BCUT2D eigenvalue weighted by molar-refractivity contribution is 5.74. The van der Waals surface area contributed by atoms with Gasteiger partial charge in [-0.1, -0.05) is 37.6 Å². The summed E-state index contributed by atoms with van der Waals surface area (Å²) in [5, 5.41) is 9.95. The van der Waals surface area contributed by atoms with Crippen LogP contribution in [0.15, 0.2) is 48.1 Å². The molecule has 43 heavy (non-hydrogen) atoms. The fraction of sp³-hybridized carbons (Fsp3) is 0.469. The third-order valence-electron chi connectivity index (χ3n) is 7.62. The zero-order valence-electron chi connectivity index (χ0n) is 24.7. The third kappa shape index (κ3) is 8.22. The van der Waals surface area contributed by atoms with Crippen LogP contribution in [0.5, 0.6) is 5.75 Å². The minimum absolute atomic E-state index is 0.0130. The van der Waals surface area contributed by atoms with E-state index in [1.54, 1.807) is 23.1 Å². The summed E-state index contributed by atoms with van der Waals surface area (Å²) in [4.78, 5) is 25.8. The van der Waals surface area contributed by atoms with Crippen LogP contribution in [0.4, 0.5) is 23.4 Å². The third-order valence-corrected chi connectivity index (χ3v) is 7.62. The lowest BCUT2D eigenvalue weighted by Crippen LogP contribution is -2.40. The van der Waals surface area contributed by atoms with Gasteiger partial charge in [0.1, 0.15) is 23.7 Å². The molecule has 1 aromatic heterocycles. The molecule has 0 bridgehead atoms. The number of aromatic nitrogens is 2. The molecular weight excluding hydrogens is 564 g/mol. The number of piperidine rings is 1. The van der Waals surface area contributed by atoms with Crippen LogP contribution in [0.3, 0.4) is 0 Å². The molecule has 1 fully saturated rings. The molecule has 0 aliphatic carbocycles. The molecule has 7 nitrogen and oxygen atoms in total. The first-order chi connectivity index (χ1) is 20.6. The number of aliphatic hydroxyl groups excluding tert-OH is 1. The summed E-state index contributed by atoms with van der Waals surface area (Å²) in [6.07, 6.45) is 4.47. The zero-order chi connectivity index (χ0) is 31.1. The highest BCUT2D eigenvalue weighted by Gasteiger charge is 2.28. The number of hydrogen-bond acceptors (Lipinski definition) is 6. The van der Waals surface area contributed by atoms with E-state index in [0.717, 1.165) is 29.8 Å². The van der Waals surface area contributed by atoms with Crippen molar-refractivity contribution in [1.29, 1.82) is 0 Å². The number of fused-ring (bicyclic) bond motifs is 1. The highest BCUT2D eigenvalue weighted by Crippen LogP contribution is 2.31. The number of unbranched alkanes of at least 4 members (excludes halogenated alkanes) is 1. The molecule has 1 unspecified atom stereocenters. The molecule has 2 aliphatic heterocycles. The van der Waals surface area contributed by atoms with Gasteiger partial charge in [0.05, 0.1) is 17.9 Å². The smallest absolute Gasteiger partial charge is 0.268 e. The minimum Gasteiger partial charge on any atom is -0.487 e. The van der Waals surface area contributed by atoms with Gasteiger partial charge in [-0.15, -0.1) is 0 Å². The van der Waals surface area contributed by atoms with Crippen LogP contribution in [0.1, 0.15) is 63.5 Å². The fourth-order valence-corrected chi connectivity index (χ4v) is 5.14. The minimum atomic E-state index is -2.90. The maximum atomic E-state index is 14.1. The monoisotopic (exact) mass is 602 g/mol. The van der Waals surface area contributed by atoms with Crippen molar-refractivity contribution in [3.8, 4) is 5.75 Å². The maximum Gasteiger partial charge on any atom is 0.268 e. The Morgan fingerprint density at radius 1 is 1.14 bits per heavy atom. The van der Waals surface area contributed by atoms with Crippen molar-refractivity contribution in [1.82, 2.24) is 14.9 Å². The lowest BCUT2D eigenvalue weighted by Gasteiger charge is -2.35. The Bertz CT molecular complexity index is 1390. The number of halogens is 4. The number of alkyl halides is 2. The predicted octanol–water partition coefficient (Wildman–Crippen LogP) is 6.02. The average Bonchev–Trinajstić information content (AvgIpc) is 2.99. The molecule has 0 saturated carbocycles. The van der Waals surface area contributed by atoms with E-state index in [4.69, 9.17) is 14.7 Å². The van der Waals surface area contributed by atoms with Crippen molar-refractivity contribution in [2.45, 2.75) is 78.1 Å². The molecule has 2 aromatic rings. The molecule has 11 heteroatoms. The van der Waals surface area contributed by atoms with Crippen molar-refractivity contribution in [2.75, 3.05) is 24.5 Å². The Labute approximate surface area is 249 Å². The second-order valence-corrected chi connectivity index (χ2v) is 10.8. The standard InChI is InChI=1S/C32H38F4N4O3/c1-4-5-8-22(30(42)31(35)36)9-6-7-20(2)29-32(38-26-14-17-40(21(3)41)19-27(26)37-29)39-15-12-24(13-16-39)43-28-11-10-23(33)18-25(28)34/h6-11,18,24,30-31,42H,4-5,12-17,19H2,1-3H3/b9-6-,20-7+,22-8-. The Kier molecular flexibility index (Phi) is 11.0. The van der Waals surface area contributed by atoms with Crippen LogP contribution in [-0.4, -0.2) is 64.1 Å². The Morgan fingerprint density at radius 3 is 2.53 bits per heavy atom. The van der Waals surface area contributed by atoms with Crippen molar-refractivity contribution in [3.63, 3.8) is 0 Å². The van der Waals surface area contributed by atoms with E-state index in [-0.39, 0.29) is 23.3 Å². The van der Waals surface area contributed by atoms with Crippen LogP contribution in [0, 0.1) is 11.6 Å². The number of carbonyl (C=O) groups excluding carboxylic acids is 1. The average molecular weight is 603 g/mol. The summed E-state index contributed by atoms with van der Waals surface area (Å²) < 4.78 is 59.7. The first-order valence-electron chi connectivity index (χ1n) is 14.6. The van der Waals surface area contributed by atoms with E-state index < -0.39 is 24.2 Å². The molecule has 1 amide bonds. The van der Waals surface area contributed by atoms with E-state index in [2.05, 4.69) is 4.90 Å². The largest absolute Gasteiger partial charge is 0.487 e. The second-order valence-electron chi connectivity index (χ2n) is 10.8. The van der Waals surface area contributed by atoms with Gasteiger partial charge in [-0.2, -0.15) is 0 Å². The van der Waals surface area contributed by atoms with Crippen molar-refractivity contribution in [3.05, 3.63) is 76.8 Å². The number of ether oxygens (including phenoxy) is 1. The van der Waals surface area contributed by atoms with Gasteiger partial charge >= 0.3 is 0 Å². The molecule has 1 atom stereocenters. The van der Waals surface area contributed by atoms with Crippen molar-refractivity contribution in [2.24, 2.45) is 0 Å². The molecule has 2 aliphatic rings. The Hall–Kier alpha value is -3.73. The number of rotatable bonds is 10. The molecule has 4 rings (SSSR count). The van der Waals surface area contributed by atoms with Crippen LogP contribution < -0.4 is 9.64 Å². The van der Waals surface area contributed by atoms with Gasteiger partial charge in [0, 0.05) is 51.9 Å². The Morgan fingerprint density at radius 2 is 1.88 bits per heavy atom. The predicted molar refractivity (Wildman–Crippen MR) is 157 cm³/mol. The molecule has 1 saturated heterocycles. The van der Waals surface area contributed by atoms with Gasteiger partial charge in [0.25, 0.3) is 6.43 Å². The molecule has 1 N–H and O–H groups in total. The van der Waals surface area contributed by atoms with Gasteiger partial charge in [-0.3, -0.25) is 4.79 Å². The molecule has 1 aromatic carbocycles. The van der Waals surface area contributed by atoms with Gasteiger partial charge in [-0.25, -0.2) is 27.5 Å². The second kappa shape index (κ2) is 14.6. The summed E-state index contributed by atoms with van der Waals surface area (Å²) in [7, 11) is 0. The zero-order valence-corrected chi connectivity index (χ0v) is 24.7. The number of hydrogen-bond donors (Lipinski definition) is 1. The number of nitrogens with zero attached hydrogens (tertiary/aromatic N) is 4. The van der Waals surface area contributed by atoms with Crippen LogP contribution >= 0.6 is 0 Å². The normalized spacial score (nSPS) is 17.5. The number of benzene rings is 1. The Balaban J connectivity index is 1.59. The van der Waals surface area contributed by atoms with E-state index >= 15 is 0 Å². The lowest BCUT2D eigenvalue weighted by molar-refractivity contribution is -0.129. The van der Waals surface area contributed by atoms with Gasteiger partial charge in [-0.05, 0) is 36.6 Å². The summed E-state index contributed by atoms with van der Waals surface area (Å²) in [5.74, 6) is -0.775. The van der Waals surface area contributed by atoms with Crippen molar-refractivity contribution >= 4 is 17.3 Å². The number of aliphatic hydroxyl groups is 1. The fourth-order valence-electron chi connectivity index (χ4n) is 5.14. The molecular formula is C32H38F4N4O3.